The van der Waals surface area contributed by atoms with Gasteiger partial charge in [-0.3, -0.25) is 0 Å². The lowest BCUT2D eigenvalue weighted by atomic mass is 9.92. The van der Waals surface area contributed by atoms with Gasteiger partial charge in [0, 0.05) is 25.7 Å². The van der Waals surface area contributed by atoms with Crippen molar-refractivity contribution in [1.82, 2.24) is 4.90 Å². The van der Waals surface area contributed by atoms with E-state index in [1.54, 1.807) is 0 Å². The smallest absolute Gasteiger partial charge is 0.0139 e. The van der Waals surface area contributed by atoms with Gasteiger partial charge in [-0.2, -0.15) is 0 Å². The summed E-state index contributed by atoms with van der Waals surface area (Å²) in [6.45, 7) is 10.3. The summed E-state index contributed by atoms with van der Waals surface area (Å²) < 4.78 is 0. The molecule has 2 nitrogen and oxygen atoms in total. The van der Waals surface area contributed by atoms with Gasteiger partial charge in [-0.25, -0.2) is 0 Å². The van der Waals surface area contributed by atoms with Gasteiger partial charge in [0.25, 0.3) is 0 Å². The summed E-state index contributed by atoms with van der Waals surface area (Å²) >= 11 is 0. The van der Waals surface area contributed by atoms with E-state index in [4.69, 9.17) is 5.73 Å². The van der Waals surface area contributed by atoms with Crippen molar-refractivity contribution in [1.29, 1.82) is 0 Å². The first-order valence-corrected chi connectivity index (χ1v) is 5.06. The van der Waals surface area contributed by atoms with Gasteiger partial charge >= 0.3 is 0 Å². The lowest BCUT2D eigenvalue weighted by molar-refractivity contribution is 0.136. The Bertz CT molecular complexity index is 121. The largest absolute Gasteiger partial charge is 0.327 e. The molecule has 0 aliphatic carbocycles. The van der Waals surface area contributed by atoms with Crippen molar-refractivity contribution in [3.05, 3.63) is 0 Å². The van der Waals surface area contributed by atoms with Crippen LogP contribution in [0.15, 0.2) is 0 Å². The van der Waals surface area contributed by atoms with Crippen molar-refractivity contribution in [2.24, 2.45) is 17.6 Å². The van der Waals surface area contributed by atoms with Crippen molar-refractivity contribution < 1.29 is 0 Å². The van der Waals surface area contributed by atoms with E-state index in [0.717, 1.165) is 18.4 Å². The molecule has 0 aromatic rings. The highest BCUT2D eigenvalue weighted by molar-refractivity contribution is 4.76. The van der Waals surface area contributed by atoms with Crippen LogP contribution < -0.4 is 5.73 Å². The molecule has 0 aromatic heterocycles. The molecule has 0 radical (unpaired) electrons. The van der Waals surface area contributed by atoms with Crippen molar-refractivity contribution in [2.75, 3.05) is 19.6 Å². The van der Waals surface area contributed by atoms with Gasteiger partial charge in [0.05, 0.1) is 0 Å². The number of hydrogen-bond acceptors (Lipinski definition) is 2. The lowest BCUT2D eigenvalue weighted by Crippen LogP contribution is -2.44. The third-order valence-electron chi connectivity index (χ3n) is 2.49. The van der Waals surface area contributed by atoms with Gasteiger partial charge in [0.1, 0.15) is 0 Å². The zero-order valence-electron chi connectivity index (χ0n) is 8.59. The molecule has 1 rings (SSSR count). The van der Waals surface area contributed by atoms with Crippen LogP contribution in [0.3, 0.4) is 0 Å². The maximum absolute atomic E-state index is 5.77. The molecule has 72 valence electrons. The number of nitrogens with zero attached hydrogens (tertiary/aromatic N) is 1. The van der Waals surface area contributed by atoms with Crippen molar-refractivity contribution in [3.63, 3.8) is 0 Å². The van der Waals surface area contributed by atoms with Gasteiger partial charge in [0.15, 0.2) is 0 Å². The van der Waals surface area contributed by atoms with Crippen LogP contribution in [-0.4, -0.2) is 30.6 Å². The highest BCUT2D eigenvalue weighted by atomic mass is 15.1. The minimum atomic E-state index is 0.322. The zero-order valence-corrected chi connectivity index (χ0v) is 8.59. The molecule has 12 heavy (non-hydrogen) atoms. The van der Waals surface area contributed by atoms with Crippen molar-refractivity contribution >= 4 is 0 Å². The number of hydrogen-bond donors (Lipinski definition) is 1. The minimum absolute atomic E-state index is 0.322. The van der Waals surface area contributed by atoms with E-state index in [1.807, 2.05) is 0 Å². The van der Waals surface area contributed by atoms with Gasteiger partial charge in [-0.1, -0.05) is 13.8 Å². The number of piperidine rings is 1. The van der Waals surface area contributed by atoms with Crippen LogP contribution >= 0.6 is 0 Å². The van der Waals surface area contributed by atoms with Crippen LogP contribution in [0, 0.1) is 11.8 Å². The van der Waals surface area contributed by atoms with E-state index in [0.29, 0.717) is 6.04 Å². The van der Waals surface area contributed by atoms with E-state index < -0.39 is 0 Å². The van der Waals surface area contributed by atoms with Gasteiger partial charge in [-0.15, -0.1) is 0 Å². The summed E-state index contributed by atoms with van der Waals surface area (Å²) in [4.78, 5) is 2.50. The average molecular weight is 170 g/mol. The van der Waals surface area contributed by atoms with E-state index >= 15 is 0 Å². The standard InChI is InChI=1S/C10H22N2/c1-8-4-9(2)6-12(5-8)7-10(3)11/h8-10H,4-7,11H2,1-3H3/t8-,9-,10-/m0/s1. The monoisotopic (exact) mass is 170 g/mol. The summed E-state index contributed by atoms with van der Waals surface area (Å²) in [5.74, 6) is 1.71. The lowest BCUT2D eigenvalue weighted by Gasteiger charge is -2.35. The molecule has 2 N–H and O–H groups in total. The van der Waals surface area contributed by atoms with Crippen LogP contribution in [0.25, 0.3) is 0 Å². The number of rotatable bonds is 2. The molecule has 0 amide bonds. The predicted molar refractivity (Wildman–Crippen MR) is 53.0 cm³/mol. The summed E-state index contributed by atoms with van der Waals surface area (Å²) in [7, 11) is 0. The van der Waals surface area contributed by atoms with Gasteiger partial charge in [0.2, 0.25) is 0 Å². The molecule has 1 aliphatic rings. The van der Waals surface area contributed by atoms with E-state index in [2.05, 4.69) is 25.7 Å². The van der Waals surface area contributed by atoms with Gasteiger partial charge < -0.3 is 10.6 Å². The fourth-order valence-corrected chi connectivity index (χ4v) is 2.35. The predicted octanol–water partition coefficient (Wildman–Crippen LogP) is 1.31. The molecule has 0 unspecified atom stereocenters. The van der Waals surface area contributed by atoms with E-state index in [-0.39, 0.29) is 0 Å². The van der Waals surface area contributed by atoms with Gasteiger partial charge in [-0.05, 0) is 25.2 Å². The quantitative estimate of drug-likeness (QED) is 0.677. The van der Waals surface area contributed by atoms with Crippen molar-refractivity contribution in [3.8, 4) is 0 Å². The molecular weight excluding hydrogens is 148 g/mol. The van der Waals surface area contributed by atoms with Crippen LogP contribution in [-0.2, 0) is 0 Å². The second kappa shape index (κ2) is 4.24. The Labute approximate surface area is 76.1 Å². The molecule has 1 heterocycles. The molecule has 1 saturated heterocycles. The maximum atomic E-state index is 5.77. The first-order valence-electron chi connectivity index (χ1n) is 5.06. The molecule has 0 bridgehead atoms. The van der Waals surface area contributed by atoms with Crippen LogP contribution in [0.2, 0.25) is 0 Å². The Morgan fingerprint density at radius 1 is 1.33 bits per heavy atom. The molecule has 0 aromatic carbocycles. The average Bonchev–Trinajstić information content (AvgIpc) is 1.81. The van der Waals surface area contributed by atoms with Crippen LogP contribution in [0.1, 0.15) is 27.2 Å². The molecular formula is C10H22N2. The second-order valence-electron chi connectivity index (χ2n) is 4.64. The Kier molecular flexibility index (Phi) is 3.53. The summed E-state index contributed by atoms with van der Waals surface area (Å²) in [6.07, 6.45) is 1.38. The topological polar surface area (TPSA) is 29.3 Å². The Balaban J connectivity index is 2.34. The molecule has 1 fully saturated rings. The Hall–Kier alpha value is -0.0800. The molecule has 0 saturated carbocycles. The highest BCUT2D eigenvalue weighted by Crippen LogP contribution is 2.20. The van der Waals surface area contributed by atoms with E-state index in [1.165, 1.54) is 19.5 Å². The third kappa shape index (κ3) is 3.11. The SMILES string of the molecule is C[C@H]1C[C@H](C)CN(C[C@H](C)N)C1. The summed E-state index contributed by atoms with van der Waals surface area (Å²) in [5, 5.41) is 0. The fraction of sp³-hybridized carbons (Fsp3) is 1.00. The minimum Gasteiger partial charge on any atom is -0.327 e. The molecule has 0 spiro atoms. The zero-order chi connectivity index (χ0) is 9.14. The molecule has 1 aliphatic heterocycles. The normalized spacial score (nSPS) is 35.0. The highest BCUT2D eigenvalue weighted by Gasteiger charge is 2.21. The third-order valence-corrected chi connectivity index (χ3v) is 2.49. The second-order valence-corrected chi connectivity index (χ2v) is 4.64. The summed E-state index contributed by atoms with van der Waals surface area (Å²) in [6, 6.07) is 0.322. The van der Waals surface area contributed by atoms with Crippen LogP contribution in [0.5, 0.6) is 0 Å². The first-order chi connectivity index (χ1) is 5.58. The van der Waals surface area contributed by atoms with Crippen molar-refractivity contribution in [2.45, 2.75) is 33.2 Å². The maximum Gasteiger partial charge on any atom is 0.0139 e. The molecule has 3 atom stereocenters. The summed E-state index contributed by atoms with van der Waals surface area (Å²) in [5.41, 5.74) is 5.77. The number of nitrogens with two attached hydrogens (primary N) is 1. The molecule has 2 heteroatoms. The van der Waals surface area contributed by atoms with Crippen LogP contribution in [0.4, 0.5) is 0 Å². The first kappa shape index (κ1) is 10.0. The number of likely N-dealkylation sites (tertiary alicyclic amines) is 1. The van der Waals surface area contributed by atoms with E-state index in [9.17, 15) is 0 Å². The fourth-order valence-electron chi connectivity index (χ4n) is 2.35. The Morgan fingerprint density at radius 2 is 1.83 bits per heavy atom. The Morgan fingerprint density at radius 3 is 2.25 bits per heavy atom.